The van der Waals surface area contributed by atoms with E-state index >= 15 is 0 Å². The second-order valence-corrected chi connectivity index (χ2v) is 7.94. The number of nitrogens with zero attached hydrogens (tertiary/aromatic N) is 2. The number of rotatable bonds is 6. The van der Waals surface area contributed by atoms with Crippen LogP contribution in [-0.2, 0) is 24.3 Å². The fraction of sp³-hybridized carbons (Fsp3) is 0.409. The van der Waals surface area contributed by atoms with Crippen molar-refractivity contribution in [3.63, 3.8) is 0 Å². The Morgan fingerprint density at radius 1 is 1.04 bits per heavy atom. The van der Waals surface area contributed by atoms with Crippen LogP contribution in [0.2, 0.25) is 5.02 Å². The number of carbonyl (C=O) groups is 1. The van der Waals surface area contributed by atoms with Gasteiger partial charge in [-0.25, -0.2) is 0 Å². The van der Waals surface area contributed by atoms with Crippen molar-refractivity contribution in [3.8, 4) is 5.75 Å². The molecule has 1 N–H and O–H groups in total. The van der Waals surface area contributed by atoms with E-state index in [1.165, 1.54) is 11.1 Å². The number of amides is 1. The number of hydrogen-bond acceptors (Lipinski definition) is 4. The van der Waals surface area contributed by atoms with E-state index in [4.69, 9.17) is 16.3 Å². The Bertz CT molecular complexity index is 834. The number of fused-ring (bicyclic) bond motifs is 1. The molecule has 6 heteroatoms. The average Bonchev–Trinajstić information content (AvgIpc) is 3.16. The third-order valence-corrected chi connectivity index (χ3v) is 5.61. The van der Waals surface area contributed by atoms with Crippen molar-refractivity contribution in [1.29, 1.82) is 0 Å². The highest BCUT2D eigenvalue weighted by molar-refractivity contribution is 6.30. The molecule has 1 saturated heterocycles. The van der Waals surface area contributed by atoms with E-state index in [1.807, 2.05) is 24.3 Å². The van der Waals surface area contributed by atoms with Gasteiger partial charge in [0.05, 0.1) is 13.2 Å². The van der Waals surface area contributed by atoms with Gasteiger partial charge < -0.3 is 10.1 Å². The van der Waals surface area contributed by atoms with Crippen LogP contribution in [0.25, 0.3) is 0 Å². The number of hydrogen-bond donors (Lipinski definition) is 1. The van der Waals surface area contributed by atoms with Crippen LogP contribution in [0.4, 0.5) is 0 Å². The average molecular weight is 400 g/mol. The van der Waals surface area contributed by atoms with Crippen molar-refractivity contribution in [2.24, 2.45) is 0 Å². The number of halogens is 1. The highest BCUT2D eigenvalue weighted by Gasteiger charge is 2.20. The Kier molecular flexibility index (Phi) is 6.15. The largest absolute Gasteiger partial charge is 0.493 e. The minimum atomic E-state index is 0.0621. The maximum absolute atomic E-state index is 12.2. The predicted octanol–water partition coefficient (Wildman–Crippen LogP) is 2.71. The molecule has 0 bridgehead atoms. The summed E-state index contributed by atoms with van der Waals surface area (Å²) in [6.07, 6.45) is 1.02. The monoisotopic (exact) mass is 399 g/mol. The van der Waals surface area contributed by atoms with Crippen LogP contribution in [-0.4, -0.2) is 55.0 Å². The summed E-state index contributed by atoms with van der Waals surface area (Å²) in [6, 6.07) is 14.1. The predicted molar refractivity (Wildman–Crippen MR) is 111 cm³/mol. The van der Waals surface area contributed by atoms with E-state index in [0.29, 0.717) is 18.1 Å². The van der Waals surface area contributed by atoms with Gasteiger partial charge in [0.25, 0.3) is 0 Å². The standard InChI is InChI=1S/C22H26ClN3O2/c23-20-3-1-2-17(13-20)14-24-22(27)16-26-9-7-25(8-10-26)15-18-4-5-21-19(12-18)6-11-28-21/h1-5,12-13H,6-11,14-16H2,(H,24,27). The van der Waals surface area contributed by atoms with Gasteiger partial charge in [0.1, 0.15) is 5.75 Å². The van der Waals surface area contributed by atoms with E-state index in [1.54, 1.807) is 0 Å². The minimum Gasteiger partial charge on any atom is -0.493 e. The molecule has 2 aromatic carbocycles. The lowest BCUT2D eigenvalue weighted by molar-refractivity contribution is -0.122. The van der Waals surface area contributed by atoms with Gasteiger partial charge in [0, 0.05) is 50.7 Å². The van der Waals surface area contributed by atoms with Crippen molar-refractivity contribution in [1.82, 2.24) is 15.1 Å². The molecule has 0 unspecified atom stereocenters. The van der Waals surface area contributed by atoms with Crippen LogP contribution in [0, 0.1) is 0 Å². The van der Waals surface area contributed by atoms with Crippen LogP contribution >= 0.6 is 11.6 Å². The van der Waals surface area contributed by atoms with Gasteiger partial charge in [-0.15, -0.1) is 0 Å². The van der Waals surface area contributed by atoms with E-state index < -0.39 is 0 Å². The van der Waals surface area contributed by atoms with E-state index in [9.17, 15) is 4.79 Å². The van der Waals surface area contributed by atoms with Gasteiger partial charge in [0.15, 0.2) is 0 Å². The minimum absolute atomic E-state index is 0.0621. The third-order valence-electron chi connectivity index (χ3n) is 5.37. The molecule has 148 valence electrons. The summed E-state index contributed by atoms with van der Waals surface area (Å²) < 4.78 is 5.58. The maximum Gasteiger partial charge on any atom is 0.234 e. The Morgan fingerprint density at radius 2 is 1.86 bits per heavy atom. The molecule has 2 heterocycles. The first-order chi connectivity index (χ1) is 13.7. The summed E-state index contributed by atoms with van der Waals surface area (Å²) >= 11 is 5.98. The molecular formula is C22H26ClN3O2. The van der Waals surface area contributed by atoms with Gasteiger partial charge in [0.2, 0.25) is 5.91 Å². The molecule has 0 aromatic heterocycles. The van der Waals surface area contributed by atoms with Crippen molar-refractivity contribution in [2.75, 3.05) is 39.3 Å². The topological polar surface area (TPSA) is 44.8 Å². The second kappa shape index (κ2) is 8.95. The van der Waals surface area contributed by atoms with E-state index in [0.717, 1.165) is 57.1 Å². The van der Waals surface area contributed by atoms with E-state index in [-0.39, 0.29) is 5.91 Å². The highest BCUT2D eigenvalue weighted by atomic mass is 35.5. The molecule has 5 nitrogen and oxygen atoms in total. The van der Waals surface area contributed by atoms with E-state index in [2.05, 4.69) is 33.3 Å². The molecule has 4 rings (SSSR count). The summed E-state index contributed by atoms with van der Waals surface area (Å²) in [5, 5.41) is 3.68. The van der Waals surface area contributed by atoms with Gasteiger partial charge in [-0.1, -0.05) is 35.9 Å². The zero-order valence-electron chi connectivity index (χ0n) is 16.0. The Hall–Kier alpha value is -2.08. The van der Waals surface area contributed by atoms with Crippen LogP contribution in [0.5, 0.6) is 5.75 Å². The first-order valence-corrected chi connectivity index (χ1v) is 10.2. The lowest BCUT2D eigenvalue weighted by Crippen LogP contribution is -2.49. The van der Waals surface area contributed by atoms with Gasteiger partial charge in [-0.2, -0.15) is 0 Å². The summed E-state index contributed by atoms with van der Waals surface area (Å²) in [6.45, 7) is 6.52. The molecule has 2 aliphatic rings. The molecule has 0 radical (unpaired) electrons. The fourth-order valence-corrected chi connectivity index (χ4v) is 4.02. The molecule has 1 amide bonds. The normalized spacial score (nSPS) is 17.2. The Labute approximate surface area is 171 Å². The number of ether oxygens (including phenoxy) is 1. The van der Waals surface area contributed by atoms with Crippen molar-refractivity contribution >= 4 is 17.5 Å². The first-order valence-electron chi connectivity index (χ1n) is 9.86. The molecule has 0 atom stereocenters. The molecule has 1 fully saturated rings. The van der Waals surface area contributed by atoms with Gasteiger partial charge in [-0.3, -0.25) is 14.6 Å². The van der Waals surface area contributed by atoms with Crippen LogP contribution in [0.15, 0.2) is 42.5 Å². The quantitative estimate of drug-likeness (QED) is 0.811. The molecule has 0 spiro atoms. The summed E-state index contributed by atoms with van der Waals surface area (Å²) in [7, 11) is 0. The van der Waals surface area contributed by atoms with Crippen LogP contribution in [0.1, 0.15) is 16.7 Å². The fourth-order valence-electron chi connectivity index (χ4n) is 3.81. The number of nitrogens with one attached hydrogen (secondary N) is 1. The lowest BCUT2D eigenvalue weighted by Gasteiger charge is -2.34. The molecule has 2 aromatic rings. The van der Waals surface area contributed by atoms with Crippen molar-refractivity contribution in [3.05, 3.63) is 64.2 Å². The SMILES string of the molecule is O=C(CN1CCN(Cc2ccc3c(c2)CCO3)CC1)NCc1cccc(Cl)c1. The maximum atomic E-state index is 12.2. The summed E-state index contributed by atoms with van der Waals surface area (Å²) in [5.41, 5.74) is 3.69. The number of carbonyl (C=O) groups excluding carboxylic acids is 1. The van der Waals surface area contributed by atoms with Gasteiger partial charge >= 0.3 is 0 Å². The third kappa shape index (κ3) is 5.04. The second-order valence-electron chi connectivity index (χ2n) is 7.50. The van der Waals surface area contributed by atoms with Crippen LogP contribution < -0.4 is 10.1 Å². The number of benzene rings is 2. The Morgan fingerprint density at radius 3 is 2.68 bits per heavy atom. The first kappa shape index (κ1) is 19.2. The van der Waals surface area contributed by atoms with Crippen molar-refractivity contribution < 1.29 is 9.53 Å². The molecule has 2 aliphatic heterocycles. The van der Waals surface area contributed by atoms with Gasteiger partial charge in [-0.05, 0) is 34.9 Å². The molecule has 0 saturated carbocycles. The van der Waals surface area contributed by atoms with Crippen LogP contribution in [0.3, 0.4) is 0 Å². The zero-order valence-corrected chi connectivity index (χ0v) is 16.8. The smallest absolute Gasteiger partial charge is 0.234 e. The molecule has 0 aliphatic carbocycles. The van der Waals surface area contributed by atoms with Crippen molar-refractivity contribution in [2.45, 2.75) is 19.5 Å². The highest BCUT2D eigenvalue weighted by Crippen LogP contribution is 2.26. The number of piperazine rings is 1. The molecular weight excluding hydrogens is 374 g/mol. The summed E-state index contributed by atoms with van der Waals surface area (Å²) in [4.78, 5) is 16.9. The molecule has 28 heavy (non-hydrogen) atoms. The lowest BCUT2D eigenvalue weighted by atomic mass is 10.1. The Balaban J connectivity index is 1.19. The zero-order chi connectivity index (χ0) is 19.3. The summed E-state index contributed by atoms with van der Waals surface area (Å²) in [5.74, 6) is 1.10.